The minimum absolute atomic E-state index is 0.221. The zero-order chi connectivity index (χ0) is 12.9. The molecule has 2 N–H and O–H groups in total. The zero-order valence-corrected chi connectivity index (χ0v) is 10.1. The molecule has 90 valence electrons. The summed E-state index contributed by atoms with van der Waals surface area (Å²) < 4.78 is 0. The van der Waals surface area contributed by atoms with Gasteiger partial charge in [-0.3, -0.25) is 9.59 Å². The number of nitriles is 1. The van der Waals surface area contributed by atoms with Crippen LogP contribution in [0.3, 0.4) is 0 Å². The standard InChI is InChI=1S/C11H18N2O3/c1-7(8(2)10(15)16)9(14)13-6-11(3,4)5-12/h7-8H,6H2,1-4H3,(H,13,14)(H,15,16). The van der Waals surface area contributed by atoms with Gasteiger partial charge < -0.3 is 10.4 Å². The highest BCUT2D eigenvalue weighted by Gasteiger charge is 2.27. The Kier molecular flexibility index (Phi) is 4.96. The van der Waals surface area contributed by atoms with E-state index in [1.54, 1.807) is 20.8 Å². The molecular weight excluding hydrogens is 208 g/mol. The number of rotatable bonds is 5. The Morgan fingerprint density at radius 3 is 2.25 bits per heavy atom. The summed E-state index contributed by atoms with van der Waals surface area (Å²) in [5, 5.41) is 20.1. The molecule has 0 aromatic carbocycles. The van der Waals surface area contributed by atoms with E-state index < -0.39 is 23.2 Å². The molecule has 0 fully saturated rings. The van der Waals surface area contributed by atoms with Crippen LogP contribution in [0.4, 0.5) is 0 Å². The lowest BCUT2D eigenvalue weighted by molar-refractivity contribution is -0.146. The topological polar surface area (TPSA) is 90.2 Å². The summed E-state index contributed by atoms with van der Waals surface area (Å²) in [7, 11) is 0. The van der Waals surface area contributed by atoms with Gasteiger partial charge in [0.15, 0.2) is 0 Å². The number of aliphatic carboxylic acids is 1. The first-order valence-corrected chi connectivity index (χ1v) is 5.13. The minimum atomic E-state index is -0.998. The molecule has 0 saturated heterocycles. The fourth-order valence-electron chi connectivity index (χ4n) is 0.950. The predicted octanol–water partition coefficient (Wildman–Crippen LogP) is 1.01. The molecule has 0 spiro atoms. The molecule has 0 aromatic rings. The summed E-state index contributed by atoms with van der Waals surface area (Å²) in [5.41, 5.74) is -0.637. The predicted molar refractivity (Wildman–Crippen MR) is 58.4 cm³/mol. The quantitative estimate of drug-likeness (QED) is 0.732. The molecule has 0 radical (unpaired) electrons. The Morgan fingerprint density at radius 1 is 1.38 bits per heavy atom. The summed E-state index contributed by atoms with van der Waals surface area (Å²) in [4.78, 5) is 22.2. The number of amides is 1. The molecule has 0 aromatic heterocycles. The lowest BCUT2D eigenvalue weighted by atomic mass is 9.93. The molecule has 0 rings (SSSR count). The van der Waals surface area contributed by atoms with Crippen LogP contribution < -0.4 is 5.32 Å². The van der Waals surface area contributed by atoms with Crippen LogP contribution in [0, 0.1) is 28.6 Å². The van der Waals surface area contributed by atoms with Crippen LogP contribution >= 0.6 is 0 Å². The number of carboxylic acid groups (broad SMARTS) is 1. The summed E-state index contributed by atoms with van der Waals surface area (Å²) >= 11 is 0. The molecule has 1 amide bonds. The van der Waals surface area contributed by atoms with Crippen molar-refractivity contribution in [3.05, 3.63) is 0 Å². The van der Waals surface area contributed by atoms with Gasteiger partial charge >= 0.3 is 5.97 Å². The lowest BCUT2D eigenvalue weighted by Crippen LogP contribution is -2.39. The van der Waals surface area contributed by atoms with Gasteiger partial charge in [-0.25, -0.2) is 0 Å². The Bertz CT molecular complexity index is 318. The normalized spacial score (nSPS) is 14.7. The number of carbonyl (C=O) groups excluding carboxylic acids is 1. The number of carbonyl (C=O) groups is 2. The molecule has 5 heteroatoms. The van der Waals surface area contributed by atoms with Crippen LogP contribution in [0.15, 0.2) is 0 Å². The third kappa shape index (κ3) is 4.30. The van der Waals surface area contributed by atoms with Crippen molar-refractivity contribution in [1.82, 2.24) is 5.32 Å². The Balaban J connectivity index is 4.29. The maximum absolute atomic E-state index is 11.6. The SMILES string of the molecule is CC(C(=O)O)C(C)C(=O)NCC(C)(C)C#N. The van der Waals surface area contributed by atoms with E-state index in [1.807, 2.05) is 0 Å². The molecule has 2 atom stereocenters. The number of hydrogen-bond acceptors (Lipinski definition) is 3. The van der Waals surface area contributed by atoms with Crippen molar-refractivity contribution < 1.29 is 14.7 Å². The van der Waals surface area contributed by atoms with Crippen molar-refractivity contribution in [2.45, 2.75) is 27.7 Å². The maximum atomic E-state index is 11.6. The van der Waals surface area contributed by atoms with Gasteiger partial charge in [-0.05, 0) is 13.8 Å². The first-order valence-electron chi connectivity index (χ1n) is 5.13. The van der Waals surface area contributed by atoms with Crippen LogP contribution in [0.5, 0.6) is 0 Å². The van der Waals surface area contributed by atoms with Crippen LogP contribution in [0.1, 0.15) is 27.7 Å². The number of nitrogens with one attached hydrogen (secondary N) is 1. The first kappa shape index (κ1) is 14.4. The van der Waals surface area contributed by atoms with Crippen LogP contribution in [0.2, 0.25) is 0 Å². The van der Waals surface area contributed by atoms with Crippen LogP contribution in [0.25, 0.3) is 0 Å². The van der Waals surface area contributed by atoms with Gasteiger partial charge in [0.05, 0.1) is 17.4 Å². The van der Waals surface area contributed by atoms with E-state index in [4.69, 9.17) is 10.4 Å². The number of nitrogens with zero attached hydrogens (tertiary/aromatic N) is 1. The molecule has 0 heterocycles. The molecular formula is C11H18N2O3. The molecule has 2 unspecified atom stereocenters. The third-order valence-electron chi connectivity index (χ3n) is 2.56. The maximum Gasteiger partial charge on any atom is 0.307 e. The van der Waals surface area contributed by atoms with E-state index in [0.29, 0.717) is 0 Å². The van der Waals surface area contributed by atoms with Crippen molar-refractivity contribution in [1.29, 1.82) is 5.26 Å². The molecule has 16 heavy (non-hydrogen) atoms. The second kappa shape index (κ2) is 5.50. The Hall–Kier alpha value is -1.57. The van der Waals surface area contributed by atoms with Crippen molar-refractivity contribution in [2.75, 3.05) is 6.54 Å². The fourth-order valence-corrected chi connectivity index (χ4v) is 0.950. The highest BCUT2D eigenvalue weighted by molar-refractivity contribution is 5.84. The second-order valence-electron chi connectivity index (χ2n) is 4.63. The van der Waals surface area contributed by atoms with Crippen LogP contribution in [-0.4, -0.2) is 23.5 Å². The summed E-state index contributed by atoms with van der Waals surface area (Å²) in [6, 6.07) is 2.06. The lowest BCUT2D eigenvalue weighted by Gasteiger charge is -2.20. The van der Waals surface area contributed by atoms with Crippen LogP contribution in [-0.2, 0) is 9.59 Å². The number of carboxylic acids is 1. The molecule has 0 saturated carbocycles. The molecule has 0 bridgehead atoms. The Labute approximate surface area is 95.4 Å². The van der Waals surface area contributed by atoms with Gasteiger partial charge in [-0.1, -0.05) is 13.8 Å². The summed E-state index contributed by atoms with van der Waals surface area (Å²) in [6.07, 6.45) is 0. The monoisotopic (exact) mass is 226 g/mol. The molecule has 0 aliphatic heterocycles. The van der Waals surface area contributed by atoms with Crippen molar-refractivity contribution in [3.8, 4) is 6.07 Å². The van der Waals surface area contributed by atoms with Crippen molar-refractivity contribution in [3.63, 3.8) is 0 Å². The average Bonchev–Trinajstić information content (AvgIpc) is 2.23. The number of hydrogen-bond donors (Lipinski definition) is 2. The zero-order valence-electron chi connectivity index (χ0n) is 10.1. The fraction of sp³-hybridized carbons (Fsp3) is 0.727. The van der Waals surface area contributed by atoms with E-state index in [2.05, 4.69) is 11.4 Å². The largest absolute Gasteiger partial charge is 0.481 e. The van der Waals surface area contributed by atoms with Crippen molar-refractivity contribution >= 4 is 11.9 Å². The first-order chi connectivity index (χ1) is 7.21. The van der Waals surface area contributed by atoms with E-state index in [1.165, 1.54) is 6.92 Å². The summed E-state index contributed by atoms with van der Waals surface area (Å²) in [5.74, 6) is -2.67. The third-order valence-corrected chi connectivity index (χ3v) is 2.56. The molecule has 5 nitrogen and oxygen atoms in total. The highest BCUT2D eigenvalue weighted by atomic mass is 16.4. The molecule has 0 aliphatic carbocycles. The van der Waals surface area contributed by atoms with Crippen molar-refractivity contribution in [2.24, 2.45) is 17.3 Å². The second-order valence-corrected chi connectivity index (χ2v) is 4.63. The van der Waals surface area contributed by atoms with E-state index in [-0.39, 0.29) is 12.5 Å². The highest BCUT2D eigenvalue weighted by Crippen LogP contribution is 2.14. The minimum Gasteiger partial charge on any atom is -0.481 e. The molecule has 0 aliphatic rings. The van der Waals surface area contributed by atoms with Gasteiger partial charge in [0.2, 0.25) is 5.91 Å². The average molecular weight is 226 g/mol. The summed E-state index contributed by atoms with van der Waals surface area (Å²) in [6.45, 7) is 6.69. The van der Waals surface area contributed by atoms with E-state index in [9.17, 15) is 9.59 Å². The van der Waals surface area contributed by atoms with Gasteiger partial charge in [0.25, 0.3) is 0 Å². The van der Waals surface area contributed by atoms with E-state index >= 15 is 0 Å². The van der Waals surface area contributed by atoms with Gasteiger partial charge in [0.1, 0.15) is 0 Å². The van der Waals surface area contributed by atoms with E-state index in [0.717, 1.165) is 0 Å². The van der Waals surface area contributed by atoms with Gasteiger partial charge in [0, 0.05) is 12.5 Å². The smallest absolute Gasteiger partial charge is 0.307 e. The van der Waals surface area contributed by atoms with Gasteiger partial charge in [-0.2, -0.15) is 5.26 Å². The van der Waals surface area contributed by atoms with Gasteiger partial charge in [-0.15, -0.1) is 0 Å². The Morgan fingerprint density at radius 2 is 1.88 bits per heavy atom.